The number of benzene rings is 2. The second kappa shape index (κ2) is 6.52. The fraction of sp³-hybridized carbons (Fsp3) is 0.286. The molecule has 1 fully saturated rings. The zero-order chi connectivity index (χ0) is 18.0. The minimum absolute atomic E-state index is 0.0137. The maximum Gasteiger partial charge on any atom is 0.228 e. The van der Waals surface area contributed by atoms with Gasteiger partial charge in [-0.3, -0.25) is 10.2 Å². The number of nitrogens with zero attached hydrogens (tertiary/aromatic N) is 2. The fourth-order valence-corrected chi connectivity index (χ4v) is 3.38. The van der Waals surface area contributed by atoms with Crippen LogP contribution in [0.2, 0.25) is 0 Å². The molecule has 1 heterocycles. The molecule has 1 atom stereocenters. The van der Waals surface area contributed by atoms with E-state index in [9.17, 15) is 4.79 Å². The van der Waals surface area contributed by atoms with Crippen molar-refractivity contribution in [2.75, 3.05) is 7.05 Å². The van der Waals surface area contributed by atoms with Crippen LogP contribution in [0.3, 0.4) is 0 Å². The molecule has 0 unspecified atom stereocenters. The molecule has 0 radical (unpaired) electrons. The van der Waals surface area contributed by atoms with Crippen LogP contribution in [0.5, 0.6) is 0 Å². The van der Waals surface area contributed by atoms with Crippen LogP contribution in [0.4, 0.5) is 0 Å². The molecule has 126 valence electrons. The number of piperidine rings is 1. The first kappa shape index (κ1) is 16.9. The molecular formula is C21H21N3O. The Hall–Kier alpha value is -2.93. The highest BCUT2D eigenvalue weighted by atomic mass is 16.2. The van der Waals surface area contributed by atoms with Gasteiger partial charge in [0.15, 0.2) is 0 Å². The Kier molecular flexibility index (Phi) is 4.41. The van der Waals surface area contributed by atoms with E-state index in [2.05, 4.69) is 19.1 Å². The van der Waals surface area contributed by atoms with Crippen LogP contribution in [-0.4, -0.2) is 23.7 Å². The van der Waals surface area contributed by atoms with E-state index in [-0.39, 0.29) is 11.3 Å². The Morgan fingerprint density at radius 1 is 1.16 bits per heavy atom. The van der Waals surface area contributed by atoms with Crippen LogP contribution < -0.4 is 0 Å². The van der Waals surface area contributed by atoms with Crippen molar-refractivity contribution in [3.63, 3.8) is 0 Å². The number of carbonyl (C=O) groups is 1. The molecule has 25 heavy (non-hydrogen) atoms. The summed E-state index contributed by atoms with van der Waals surface area (Å²) in [6.45, 7) is 2.05. The second-order valence-electron chi connectivity index (χ2n) is 6.93. The number of rotatable bonds is 3. The van der Waals surface area contributed by atoms with E-state index in [0.717, 1.165) is 22.3 Å². The first-order valence-electron chi connectivity index (χ1n) is 8.34. The maximum absolute atomic E-state index is 12.2. The monoisotopic (exact) mass is 331 g/mol. The van der Waals surface area contributed by atoms with Gasteiger partial charge in [0.25, 0.3) is 0 Å². The van der Waals surface area contributed by atoms with Crippen LogP contribution in [0.25, 0.3) is 11.1 Å². The summed E-state index contributed by atoms with van der Waals surface area (Å²) in [5.41, 5.74) is 3.83. The van der Waals surface area contributed by atoms with Gasteiger partial charge in [-0.2, -0.15) is 5.26 Å². The molecule has 0 aliphatic carbocycles. The van der Waals surface area contributed by atoms with Gasteiger partial charge in [-0.15, -0.1) is 0 Å². The summed E-state index contributed by atoms with van der Waals surface area (Å²) in [5, 5.41) is 17.0. The van der Waals surface area contributed by atoms with Gasteiger partial charge in [-0.1, -0.05) is 55.5 Å². The number of amides is 1. The molecule has 4 nitrogen and oxygen atoms in total. The average molecular weight is 331 g/mol. The largest absolute Gasteiger partial charge is 0.304 e. The Morgan fingerprint density at radius 2 is 1.84 bits per heavy atom. The standard InChI is InChI=1S/C21H21N3O/c1-21(13-19(23)24(2)20(25)14-21)18-8-4-7-17(12-18)16-6-3-5-15(11-16)9-10-22/h3-8,11-12,23H,9,13-14H2,1-2H3/t21-/m0/s1. The number of hydrogen-bond acceptors (Lipinski definition) is 3. The Bertz CT molecular complexity index is 861. The van der Waals surface area contributed by atoms with Gasteiger partial charge in [-0.05, 0) is 22.3 Å². The third-order valence-corrected chi connectivity index (χ3v) is 4.98. The topological polar surface area (TPSA) is 68.0 Å². The van der Waals surface area contributed by atoms with Crippen molar-refractivity contribution < 1.29 is 4.79 Å². The molecule has 2 aromatic carbocycles. The molecule has 2 aromatic rings. The lowest BCUT2D eigenvalue weighted by molar-refractivity contribution is -0.128. The van der Waals surface area contributed by atoms with Crippen molar-refractivity contribution >= 4 is 11.7 Å². The lowest BCUT2D eigenvalue weighted by Gasteiger charge is -2.38. The van der Waals surface area contributed by atoms with Crippen molar-refractivity contribution in [2.45, 2.75) is 31.6 Å². The molecular weight excluding hydrogens is 310 g/mol. The molecule has 1 aliphatic heterocycles. The first-order chi connectivity index (χ1) is 11.9. The molecule has 1 saturated heterocycles. The fourth-order valence-electron chi connectivity index (χ4n) is 3.38. The molecule has 0 spiro atoms. The quantitative estimate of drug-likeness (QED) is 0.926. The Balaban J connectivity index is 1.97. The second-order valence-corrected chi connectivity index (χ2v) is 6.93. The molecule has 0 bridgehead atoms. The minimum Gasteiger partial charge on any atom is -0.304 e. The number of hydrogen-bond donors (Lipinski definition) is 1. The van der Waals surface area contributed by atoms with Crippen molar-refractivity contribution in [1.82, 2.24) is 4.90 Å². The summed E-state index contributed by atoms with van der Waals surface area (Å²) < 4.78 is 0. The SMILES string of the molecule is CN1C(=N)C[C@](C)(c2cccc(-c3cccc(CC#N)c3)c2)CC1=O. The van der Waals surface area contributed by atoms with Gasteiger partial charge >= 0.3 is 0 Å². The van der Waals surface area contributed by atoms with Gasteiger partial charge in [0, 0.05) is 25.3 Å². The van der Waals surface area contributed by atoms with Crippen LogP contribution in [0.1, 0.15) is 30.9 Å². The Labute approximate surface area is 148 Å². The van der Waals surface area contributed by atoms with Crippen LogP contribution in [0.15, 0.2) is 48.5 Å². The number of nitrogens with one attached hydrogen (secondary N) is 1. The van der Waals surface area contributed by atoms with Crippen LogP contribution in [-0.2, 0) is 16.6 Å². The molecule has 0 aromatic heterocycles. The van der Waals surface area contributed by atoms with E-state index in [0.29, 0.717) is 25.1 Å². The minimum atomic E-state index is -0.360. The molecule has 3 rings (SSSR count). The van der Waals surface area contributed by atoms with E-state index in [1.807, 2.05) is 42.5 Å². The smallest absolute Gasteiger partial charge is 0.228 e. The predicted molar refractivity (Wildman–Crippen MR) is 98.3 cm³/mol. The Morgan fingerprint density at radius 3 is 2.52 bits per heavy atom. The highest BCUT2D eigenvalue weighted by Crippen LogP contribution is 2.37. The molecule has 1 N–H and O–H groups in total. The number of amidine groups is 1. The van der Waals surface area contributed by atoms with Crippen molar-refractivity contribution in [3.05, 3.63) is 59.7 Å². The zero-order valence-electron chi connectivity index (χ0n) is 14.5. The maximum atomic E-state index is 12.2. The lowest BCUT2D eigenvalue weighted by Crippen LogP contribution is -2.46. The molecule has 1 amide bonds. The number of carbonyl (C=O) groups excluding carboxylic acids is 1. The third-order valence-electron chi connectivity index (χ3n) is 4.98. The van der Waals surface area contributed by atoms with E-state index >= 15 is 0 Å². The van der Waals surface area contributed by atoms with Crippen LogP contribution >= 0.6 is 0 Å². The third kappa shape index (κ3) is 3.32. The zero-order valence-corrected chi connectivity index (χ0v) is 14.5. The summed E-state index contributed by atoms with van der Waals surface area (Å²) in [5.74, 6) is 0.348. The van der Waals surface area contributed by atoms with Gasteiger partial charge in [0.05, 0.1) is 12.5 Å². The van der Waals surface area contributed by atoms with Crippen molar-refractivity contribution in [3.8, 4) is 17.2 Å². The first-order valence-corrected chi connectivity index (χ1v) is 8.34. The summed E-state index contributed by atoms with van der Waals surface area (Å²) >= 11 is 0. The summed E-state index contributed by atoms with van der Waals surface area (Å²) in [6.07, 6.45) is 1.35. The van der Waals surface area contributed by atoms with E-state index in [4.69, 9.17) is 10.7 Å². The summed E-state index contributed by atoms with van der Waals surface area (Å²) in [7, 11) is 1.67. The van der Waals surface area contributed by atoms with E-state index in [1.165, 1.54) is 4.90 Å². The van der Waals surface area contributed by atoms with Gasteiger partial charge in [0.2, 0.25) is 5.91 Å². The molecule has 0 saturated carbocycles. The van der Waals surface area contributed by atoms with Gasteiger partial charge < -0.3 is 4.90 Å². The van der Waals surface area contributed by atoms with Gasteiger partial charge in [0.1, 0.15) is 5.84 Å². The average Bonchev–Trinajstić information content (AvgIpc) is 2.60. The predicted octanol–water partition coefficient (Wildman–Crippen LogP) is 3.91. The van der Waals surface area contributed by atoms with Gasteiger partial charge in [-0.25, -0.2) is 0 Å². The highest BCUT2D eigenvalue weighted by molar-refractivity contribution is 6.00. The highest BCUT2D eigenvalue weighted by Gasteiger charge is 2.38. The lowest BCUT2D eigenvalue weighted by atomic mass is 9.73. The van der Waals surface area contributed by atoms with Crippen LogP contribution in [0, 0.1) is 16.7 Å². The summed E-state index contributed by atoms with van der Waals surface area (Å²) in [6, 6.07) is 18.3. The normalized spacial score (nSPS) is 20.4. The number of likely N-dealkylation sites (tertiary alicyclic amines) is 1. The van der Waals surface area contributed by atoms with Crippen molar-refractivity contribution in [1.29, 1.82) is 10.7 Å². The number of nitriles is 1. The molecule has 1 aliphatic rings. The summed E-state index contributed by atoms with van der Waals surface area (Å²) in [4.78, 5) is 13.7. The molecule has 4 heteroatoms. The van der Waals surface area contributed by atoms with Crippen molar-refractivity contribution in [2.24, 2.45) is 0 Å². The van der Waals surface area contributed by atoms with E-state index in [1.54, 1.807) is 7.05 Å². The van der Waals surface area contributed by atoms with E-state index < -0.39 is 0 Å².